The number of fused-ring (bicyclic) bond motifs is 1. The summed E-state index contributed by atoms with van der Waals surface area (Å²) in [5, 5.41) is -0.381. The monoisotopic (exact) mass is 432 g/mol. The van der Waals surface area contributed by atoms with Crippen molar-refractivity contribution < 1.29 is 17.9 Å². The molecule has 0 spiro atoms. The summed E-state index contributed by atoms with van der Waals surface area (Å²) in [5.74, 6) is 0.209. The van der Waals surface area contributed by atoms with Crippen LogP contribution in [-0.2, 0) is 11.3 Å². The highest BCUT2D eigenvalue weighted by Crippen LogP contribution is 2.27. The van der Waals surface area contributed by atoms with E-state index in [2.05, 4.69) is 4.98 Å². The number of hydrogen-bond acceptors (Lipinski definition) is 2. The van der Waals surface area contributed by atoms with E-state index >= 15 is 0 Å². The maximum absolute atomic E-state index is 13.7. The molecule has 0 saturated carbocycles. The molecule has 116 valence electrons. The Hall–Kier alpha value is -0.540. The minimum absolute atomic E-state index is 0.0833. The van der Waals surface area contributed by atoms with Crippen LogP contribution >= 0.6 is 34.2 Å². The highest BCUT2D eigenvalue weighted by Gasteiger charge is 2.17. The van der Waals surface area contributed by atoms with Gasteiger partial charge < -0.3 is 9.30 Å². The van der Waals surface area contributed by atoms with Gasteiger partial charge in [-0.05, 0) is 35.6 Å². The topological polar surface area (TPSA) is 27.1 Å². The second-order valence-corrected chi connectivity index (χ2v) is 6.28. The Balaban J connectivity index is 2.30. The van der Waals surface area contributed by atoms with E-state index in [1.54, 1.807) is 17.6 Å². The molecule has 0 bridgehead atoms. The van der Waals surface area contributed by atoms with Crippen LogP contribution in [0, 0.1) is 9.39 Å². The van der Waals surface area contributed by atoms with Crippen molar-refractivity contribution in [2.45, 2.75) is 25.3 Å². The van der Waals surface area contributed by atoms with Gasteiger partial charge in [-0.3, -0.25) is 0 Å². The molecule has 1 heterocycles. The summed E-state index contributed by atoms with van der Waals surface area (Å²) in [6.45, 7) is 1.50. The summed E-state index contributed by atoms with van der Waals surface area (Å²) < 4.78 is 44.8. The fraction of sp³-hybridized carbons (Fsp3) is 0.462. The van der Waals surface area contributed by atoms with E-state index in [1.165, 1.54) is 6.07 Å². The predicted molar refractivity (Wildman–Crippen MR) is 83.5 cm³/mol. The minimum Gasteiger partial charge on any atom is -0.374 e. The third-order valence-electron chi connectivity index (χ3n) is 2.88. The molecule has 3 nitrogen and oxygen atoms in total. The quantitative estimate of drug-likeness (QED) is 0.385. The smallest absolute Gasteiger partial charge is 0.261 e. The molecule has 1 aromatic heterocycles. The molecule has 0 radical (unpaired) electrons. The molecule has 1 aromatic carbocycles. The van der Waals surface area contributed by atoms with E-state index in [-0.39, 0.29) is 24.3 Å². The molecule has 0 aliphatic carbocycles. The zero-order chi connectivity index (χ0) is 15.6. The number of benzene rings is 1. The van der Waals surface area contributed by atoms with Crippen LogP contribution in [-0.4, -0.2) is 29.2 Å². The van der Waals surface area contributed by atoms with E-state index < -0.39 is 13.0 Å². The first kappa shape index (κ1) is 16.8. The predicted octanol–water partition coefficient (Wildman–Crippen LogP) is 4.36. The molecule has 0 aliphatic rings. The number of nitrogens with zero attached hydrogens (tertiary/aromatic N) is 2. The van der Waals surface area contributed by atoms with Crippen molar-refractivity contribution in [2.24, 2.45) is 0 Å². The van der Waals surface area contributed by atoms with E-state index in [0.717, 1.165) is 0 Å². The summed E-state index contributed by atoms with van der Waals surface area (Å²) in [5.41, 5.74) is 1.20. The van der Waals surface area contributed by atoms with Gasteiger partial charge in [0.25, 0.3) is 6.43 Å². The van der Waals surface area contributed by atoms with Crippen LogP contribution in [0.2, 0.25) is 0 Å². The number of rotatable bonds is 6. The lowest BCUT2D eigenvalue weighted by Gasteiger charge is -2.11. The van der Waals surface area contributed by atoms with Gasteiger partial charge in [-0.1, -0.05) is 0 Å². The number of hydrogen-bond donors (Lipinski definition) is 0. The second kappa shape index (κ2) is 7.15. The standard InChI is InChI=1S/C13H13ClF3IN2O/c1-7(14)13-19-10-5-9(18)8(15)4-11(10)20(13)2-3-21-6-12(16)17/h4-5,7,12H,2-3,6H2,1H3. The Labute approximate surface area is 138 Å². The molecule has 0 aliphatic heterocycles. The van der Waals surface area contributed by atoms with Crippen molar-refractivity contribution in [3.8, 4) is 0 Å². The van der Waals surface area contributed by atoms with E-state index in [1.807, 2.05) is 22.6 Å². The zero-order valence-corrected chi connectivity index (χ0v) is 14.0. The third-order valence-corrected chi connectivity index (χ3v) is 3.90. The van der Waals surface area contributed by atoms with Crippen LogP contribution in [0.4, 0.5) is 13.2 Å². The van der Waals surface area contributed by atoms with E-state index in [4.69, 9.17) is 16.3 Å². The molecule has 0 amide bonds. The number of halogens is 5. The van der Waals surface area contributed by atoms with Gasteiger partial charge in [0.05, 0.1) is 26.6 Å². The molecule has 1 unspecified atom stereocenters. The van der Waals surface area contributed by atoms with Crippen molar-refractivity contribution in [3.63, 3.8) is 0 Å². The van der Waals surface area contributed by atoms with Crippen molar-refractivity contribution in [3.05, 3.63) is 27.3 Å². The first-order chi connectivity index (χ1) is 9.90. The normalized spacial score (nSPS) is 13.3. The van der Waals surface area contributed by atoms with Gasteiger partial charge in [0.1, 0.15) is 18.2 Å². The molecule has 0 N–H and O–H groups in total. The summed E-state index contributed by atoms with van der Waals surface area (Å²) in [4.78, 5) is 4.38. The van der Waals surface area contributed by atoms with Gasteiger partial charge in [-0.15, -0.1) is 11.6 Å². The van der Waals surface area contributed by atoms with Gasteiger partial charge in [0, 0.05) is 12.6 Å². The van der Waals surface area contributed by atoms with Crippen molar-refractivity contribution in [1.82, 2.24) is 9.55 Å². The first-order valence-corrected chi connectivity index (χ1v) is 7.76. The molecule has 21 heavy (non-hydrogen) atoms. The van der Waals surface area contributed by atoms with Crippen LogP contribution in [0.3, 0.4) is 0 Å². The van der Waals surface area contributed by atoms with Crippen LogP contribution in [0.1, 0.15) is 18.1 Å². The van der Waals surface area contributed by atoms with Gasteiger partial charge in [-0.25, -0.2) is 18.2 Å². The summed E-state index contributed by atoms with van der Waals surface area (Å²) >= 11 is 7.97. The SMILES string of the molecule is CC(Cl)c1nc2cc(I)c(F)cc2n1CCOCC(F)F. The van der Waals surface area contributed by atoms with Crippen LogP contribution in [0.15, 0.2) is 12.1 Å². The molecule has 8 heteroatoms. The third kappa shape index (κ3) is 4.01. The van der Waals surface area contributed by atoms with Crippen LogP contribution in [0.25, 0.3) is 11.0 Å². The minimum atomic E-state index is -2.50. The fourth-order valence-corrected chi connectivity index (χ4v) is 2.62. The van der Waals surface area contributed by atoms with Gasteiger partial charge in [-0.2, -0.15) is 0 Å². The maximum Gasteiger partial charge on any atom is 0.261 e. The lowest BCUT2D eigenvalue weighted by Crippen LogP contribution is -2.13. The Morgan fingerprint density at radius 3 is 2.76 bits per heavy atom. The second-order valence-electron chi connectivity index (χ2n) is 4.46. The average Bonchev–Trinajstić information content (AvgIpc) is 2.73. The Bertz CT molecular complexity index is 633. The zero-order valence-electron chi connectivity index (χ0n) is 11.1. The highest BCUT2D eigenvalue weighted by atomic mass is 127. The lowest BCUT2D eigenvalue weighted by atomic mass is 10.3. The fourth-order valence-electron chi connectivity index (χ4n) is 2.01. The molecule has 1 atom stereocenters. The number of ether oxygens (including phenoxy) is 1. The molecule has 0 fully saturated rings. The molecule has 2 aromatic rings. The summed E-state index contributed by atoms with van der Waals surface area (Å²) in [6, 6.07) is 3.00. The van der Waals surface area contributed by atoms with E-state index in [9.17, 15) is 13.2 Å². The molecule has 0 saturated heterocycles. The Morgan fingerprint density at radius 2 is 2.14 bits per heavy atom. The summed E-state index contributed by atoms with van der Waals surface area (Å²) in [6.07, 6.45) is -2.50. The highest BCUT2D eigenvalue weighted by molar-refractivity contribution is 14.1. The van der Waals surface area contributed by atoms with E-state index in [0.29, 0.717) is 20.4 Å². The number of imidazole rings is 1. The molecular weight excluding hydrogens is 420 g/mol. The largest absolute Gasteiger partial charge is 0.374 e. The number of aromatic nitrogens is 2. The molecular formula is C13H13ClF3IN2O. The van der Waals surface area contributed by atoms with Gasteiger partial charge in [0.2, 0.25) is 0 Å². The molecule has 2 rings (SSSR count). The van der Waals surface area contributed by atoms with Gasteiger partial charge >= 0.3 is 0 Å². The number of alkyl halides is 3. The van der Waals surface area contributed by atoms with Crippen molar-refractivity contribution in [2.75, 3.05) is 13.2 Å². The Morgan fingerprint density at radius 1 is 1.43 bits per heavy atom. The van der Waals surface area contributed by atoms with Crippen molar-refractivity contribution in [1.29, 1.82) is 0 Å². The van der Waals surface area contributed by atoms with Crippen molar-refractivity contribution >= 4 is 45.2 Å². The summed E-state index contributed by atoms with van der Waals surface area (Å²) in [7, 11) is 0. The first-order valence-electron chi connectivity index (χ1n) is 6.25. The maximum atomic E-state index is 13.7. The van der Waals surface area contributed by atoms with Crippen LogP contribution in [0.5, 0.6) is 0 Å². The Kier molecular flexibility index (Phi) is 5.73. The average molecular weight is 433 g/mol. The van der Waals surface area contributed by atoms with Gasteiger partial charge in [0.15, 0.2) is 0 Å². The van der Waals surface area contributed by atoms with Crippen LogP contribution < -0.4 is 0 Å². The lowest BCUT2D eigenvalue weighted by molar-refractivity contribution is 0.0148.